The topological polar surface area (TPSA) is 136 Å². The lowest BCUT2D eigenvalue weighted by Crippen LogP contribution is -2.04. The van der Waals surface area contributed by atoms with E-state index in [-0.39, 0.29) is 0 Å². The molecule has 0 aliphatic rings. The van der Waals surface area contributed by atoms with Crippen molar-refractivity contribution in [3.05, 3.63) is 60.9 Å². The Morgan fingerprint density at radius 2 is 1.93 bits per heavy atom. The standard InChI is InChI=1S/C18H17N7O2S/c19-15-10-22-18(24-13-5-4-11-6-7-21-16(11)9-13)25-17(15)23-12-2-1-3-14(8-12)28-27-26-20/h1-10,21H,19-20H2,(H2,22,23,24,25). The van der Waals surface area contributed by atoms with Gasteiger partial charge in [0.25, 0.3) is 0 Å². The number of hydrogen-bond acceptors (Lipinski definition) is 9. The van der Waals surface area contributed by atoms with E-state index < -0.39 is 0 Å². The van der Waals surface area contributed by atoms with Gasteiger partial charge in [0.2, 0.25) is 5.95 Å². The number of nitrogens with zero attached hydrogens (tertiary/aromatic N) is 2. The maximum Gasteiger partial charge on any atom is 0.229 e. The molecule has 0 fully saturated rings. The van der Waals surface area contributed by atoms with Gasteiger partial charge in [0.15, 0.2) is 5.82 Å². The highest BCUT2D eigenvalue weighted by molar-refractivity contribution is 7.94. The fourth-order valence-electron chi connectivity index (χ4n) is 2.63. The number of nitrogen functional groups attached to an aromatic ring is 1. The zero-order valence-corrected chi connectivity index (χ0v) is 15.4. The maximum absolute atomic E-state index is 6.02. The van der Waals surface area contributed by atoms with Gasteiger partial charge in [-0.25, -0.2) is 4.98 Å². The Hall–Kier alpha value is -3.31. The minimum absolute atomic E-state index is 0.421. The van der Waals surface area contributed by atoms with E-state index in [0.29, 0.717) is 17.5 Å². The van der Waals surface area contributed by atoms with Crippen molar-refractivity contribution in [3.8, 4) is 0 Å². The van der Waals surface area contributed by atoms with Gasteiger partial charge in [-0.05, 0) is 41.8 Å². The van der Waals surface area contributed by atoms with Gasteiger partial charge in [0, 0.05) is 28.0 Å². The molecule has 2 heterocycles. The van der Waals surface area contributed by atoms with Gasteiger partial charge >= 0.3 is 0 Å². The molecule has 4 rings (SSSR count). The molecular formula is C18H17N7O2S. The SMILES string of the molecule is NOOSc1cccc(Nc2nc(Nc3ccc4cc[nH]c4c3)ncc2N)c1. The van der Waals surface area contributed by atoms with E-state index in [1.807, 2.05) is 54.7 Å². The van der Waals surface area contributed by atoms with Crippen LogP contribution in [0.25, 0.3) is 10.9 Å². The molecule has 0 saturated carbocycles. The van der Waals surface area contributed by atoms with Crippen LogP contribution in [-0.4, -0.2) is 15.0 Å². The van der Waals surface area contributed by atoms with Crippen LogP contribution >= 0.6 is 12.0 Å². The van der Waals surface area contributed by atoms with Gasteiger partial charge in [-0.15, -0.1) is 9.32 Å². The van der Waals surface area contributed by atoms with Gasteiger partial charge in [0.05, 0.1) is 23.9 Å². The average Bonchev–Trinajstić information content (AvgIpc) is 3.17. The quantitative estimate of drug-likeness (QED) is 0.179. The predicted octanol–water partition coefficient (Wildman–Crippen LogP) is 3.86. The Morgan fingerprint density at radius 1 is 1.04 bits per heavy atom. The van der Waals surface area contributed by atoms with E-state index in [1.165, 1.54) is 0 Å². The number of nitrogens with two attached hydrogens (primary N) is 2. The molecule has 0 aliphatic carbocycles. The summed E-state index contributed by atoms with van der Waals surface area (Å²) in [6.45, 7) is 0. The van der Waals surface area contributed by atoms with Crippen molar-refractivity contribution in [2.24, 2.45) is 5.90 Å². The van der Waals surface area contributed by atoms with E-state index in [2.05, 4.69) is 34.9 Å². The average molecular weight is 395 g/mol. The van der Waals surface area contributed by atoms with E-state index in [9.17, 15) is 0 Å². The highest BCUT2D eigenvalue weighted by Crippen LogP contribution is 2.27. The maximum atomic E-state index is 6.02. The third-order valence-corrected chi connectivity index (χ3v) is 4.49. The number of aromatic amines is 1. The van der Waals surface area contributed by atoms with Crippen molar-refractivity contribution >= 4 is 51.8 Å². The van der Waals surface area contributed by atoms with Gasteiger partial charge in [0.1, 0.15) is 0 Å². The van der Waals surface area contributed by atoms with Crippen LogP contribution in [0.3, 0.4) is 0 Å². The molecule has 0 spiro atoms. The second-order valence-electron chi connectivity index (χ2n) is 5.80. The van der Waals surface area contributed by atoms with E-state index in [0.717, 1.165) is 39.2 Å². The Kier molecular flexibility index (Phi) is 5.26. The molecule has 0 unspecified atom stereocenters. The molecule has 0 amide bonds. The second kappa shape index (κ2) is 8.15. The highest BCUT2D eigenvalue weighted by Gasteiger charge is 2.07. The molecule has 10 heteroatoms. The summed E-state index contributed by atoms with van der Waals surface area (Å²) >= 11 is 0.989. The van der Waals surface area contributed by atoms with Crippen LogP contribution in [0.1, 0.15) is 0 Å². The molecule has 2 aromatic carbocycles. The van der Waals surface area contributed by atoms with Crippen LogP contribution in [0.15, 0.2) is 65.8 Å². The van der Waals surface area contributed by atoms with E-state index >= 15 is 0 Å². The monoisotopic (exact) mass is 395 g/mol. The lowest BCUT2D eigenvalue weighted by Gasteiger charge is -2.11. The Balaban J connectivity index is 1.53. The Morgan fingerprint density at radius 3 is 2.82 bits per heavy atom. The van der Waals surface area contributed by atoms with Crippen molar-refractivity contribution in [1.29, 1.82) is 0 Å². The second-order valence-corrected chi connectivity index (χ2v) is 6.58. The van der Waals surface area contributed by atoms with Crippen molar-refractivity contribution in [2.75, 3.05) is 16.4 Å². The first-order chi connectivity index (χ1) is 13.7. The number of hydrogen-bond donors (Lipinski definition) is 5. The van der Waals surface area contributed by atoms with Crippen molar-refractivity contribution in [3.63, 3.8) is 0 Å². The lowest BCUT2D eigenvalue weighted by molar-refractivity contribution is -0.195. The molecule has 28 heavy (non-hydrogen) atoms. The summed E-state index contributed by atoms with van der Waals surface area (Å²) in [6.07, 6.45) is 3.45. The molecule has 0 radical (unpaired) electrons. The smallest absolute Gasteiger partial charge is 0.229 e. The Labute approximate surface area is 164 Å². The van der Waals surface area contributed by atoms with Crippen LogP contribution in [0.4, 0.5) is 28.8 Å². The molecule has 0 saturated heterocycles. The normalized spacial score (nSPS) is 10.9. The fraction of sp³-hybridized carbons (Fsp3) is 0. The number of anilines is 5. The molecule has 0 atom stereocenters. The highest BCUT2D eigenvalue weighted by atomic mass is 32.2. The zero-order valence-electron chi connectivity index (χ0n) is 14.5. The van der Waals surface area contributed by atoms with Crippen LogP contribution in [0, 0.1) is 0 Å². The molecule has 9 nitrogen and oxygen atoms in total. The molecule has 2 aromatic heterocycles. The summed E-state index contributed by atoms with van der Waals surface area (Å²) < 4.78 is 4.66. The third kappa shape index (κ3) is 4.15. The number of aromatic nitrogens is 3. The molecular weight excluding hydrogens is 378 g/mol. The molecule has 4 aromatic rings. The third-order valence-electron chi connectivity index (χ3n) is 3.89. The lowest BCUT2D eigenvalue weighted by atomic mass is 10.2. The zero-order chi connectivity index (χ0) is 19.3. The van der Waals surface area contributed by atoms with Crippen molar-refractivity contribution < 1.29 is 9.32 Å². The Bertz CT molecular complexity index is 1100. The fourth-order valence-corrected chi connectivity index (χ4v) is 3.05. The van der Waals surface area contributed by atoms with Crippen molar-refractivity contribution in [2.45, 2.75) is 4.90 Å². The van der Waals surface area contributed by atoms with Crippen LogP contribution in [-0.2, 0) is 9.32 Å². The van der Waals surface area contributed by atoms with Crippen LogP contribution in [0.5, 0.6) is 0 Å². The van der Waals surface area contributed by atoms with E-state index in [1.54, 1.807) is 6.20 Å². The predicted molar refractivity (Wildman–Crippen MR) is 110 cm³/mol. The van der Waals surface area contributed by atoms with E-state index in [4.69, 9.17) is 11.6 Å². The van der Waals surface area contributed by atoms with Gasteiger partial charge < -0.3 is 21.4 Å². The molecule has 142 valence electrons. The van der Waals surface area contributed by atoms with Gasteiger partial charge in [-0.2, -0.15) is 10.9 Å². The number of benzene rings is 2. The summed E-state index contributed by atoms with van der Waals surface area (Å²) in [4.78, 5) is 16.8. The summed E-state index contributed by atoms with van der Waals surface area (Å²) in [5.74, 6) is 5.77. The van der Waals surface area contributed by atoms with Crippen LogP contribution < -0.4 is 22.3 Å². The first-order valence-corrected chi connectivity index (χ1v) is 8.99. The summed E-state index contributed by atoms with van der Waals surface area (Å²) in [6, 6.07) is 15.4. The van der Waals surface area contributed by atoms with Crippen LogP contribution in [0.2, 0.25) is 0 Å². The summed E-state index contributed by atoms with van der Waals surface area (Å²) in [5.41, 5.74) is 9.11. The summed E-state index contributed by atoms with van der Waals surface area (Å²) in [5, 5.41) is 7.50. The number of rotatable bonds is 7. The first kappa shape index (κ1) is 18.1. The first-order valence-electron chi connectivity index (χ1n) is 8.25. The molecule has 0 bridgehead atoms. The van der Waals surface area contributed by atoms with Gasteiger partial charge in [-0.1, -0.05) is 12.1 Å². The number of H-pyrrole nitrogens is 1. The molecule has 7 N–H and O–H groups in total. The van der Waals surface area contributed by atoms with Crippen molar-refractivity contribution in [1.82, 2.24) is 15.0 Å². The number of fused-ring (bicyclic) bond motifs is 1. The minimum Gasteiger partial charge on any atom is -0.394 e. The molecule has 0 aliphatic heterocycles. The number of nitrogens with one attached hydrogen (secondary N) is 3. The van der Waals surface area contributed by atoms with Gasteiger partial charge in [-0.3, -0.25) is 0 Å². The minimum atomic E-state index is 0.421. The summed E-state index contributed by atoms with van der Waals surface area (Å²) in [7, 11) is 0. The largest absolute Gasteiger partial charge is 0.394 e.